The van der Waals surface area contributed by atoms with Crippen LogP contribution in [0.15, 0.2) is 11.1 Å². The summed E-state index contributed by atoms with van der Waals surface area (Å²) in [5, 5.41) is 9.53. The second kappa shape index (κ2) is 5.22. The highest BCUT2D eigenvalue weighted by Crippen LogP contribution is 2.71. The second-order valence-corrected chi connectivity index (χ2v) is 8.42. The average Bonchev–Trinajstić information content (AvgIpc) is 2.95. The zero-order valence-corrected chi connectivity index (χ0v) is 14.0. The van der Waals surface area contributed by atoms with Crippen molar-refractivity contribution < 1.29 is 9.90 Å². The van der Waals surface area contributed by atoms with Crippen LogP contribution in [0, 0.1) is 29.1 Å². The molecule has 118 valence electrons. The summed E-state index contributed by atoms with van der Waals surface area (Å²) in [6.07, 6.45) is 6.31. The van der Waals surface area contributed by atoms with Crippen molar-refractivity contribution in [3.05, 3.63) is 11.1 Å². The minimum absolute atomic E-state index is 0.169. The number of Topliss-reactive ketones (excluding diaryl/α,β-unsaturated/α-hetero) is 1. The van der Waals surface area contributed by atoms with Crippen LogP contribution < -0.4 is 0 Å². The van der Waals surface area contributed by atoms with Crippen LogP contribution in [0.2, 0.25) is 0 Å². The average molecular weight is 290 g/mol. The van der Waals surface area contributed by atoms with Gasteiger partial charge in [0.15, 0.2) is 5.78 Å². The van der Waals surface area contributed by atoms with E-state index in [1.165, 1.54) is 24.8 Å². The molecule has 3 fully saturated rings. The van der Waals surface area contributed by atoms with E-state index >= 15 is 0 Å². The smallest absolute Gasteiger partial charge is 0.159 e. The van der Waals surface area contributed by atoms with Crippen LogP contribution in [0.25, 0.3) is 0 Å². The fourth-order valence-corrected chi connectivity index (χ4v) is 5.41. The molecule has 3 aliphatic rings. The van der Waals surface area contributed by atoms with Gasteiger partial charge >= 0.3 is 0 Å². The van der Waals surface area contributed by atoms with Crippen molar-refractivity contribution >= 4 is 5.78 Å². The Labute approximate surface area is 129 Å². The SMILES string of the molecule is CC(C)=C1C[C@H]2C[C@@H]3[C@@H](CC[C@H](C)O)[C@]3(C)C[C@@H]2CC1=O. The Morgan fingerprint density at radius 2 is 2.05 bits per heavy atom. The molecule has 0 unspecified atom stereocenters. The Morgan fingerprint density at radius 3 is 2.67 bits per heavy atom. The molecule has 0 spiro atoms. The third-order valence-electron chi connectivity index (χ3n) is 6.75. The quantitative estimate of drug-likeness (QED) is 0.794. The van der Waals surface area contributed by atoms with Crippen molar-refractivity contribution in [3.8, 4) is 0 Å². The summed E-state index contributed by atoms with van der Waals surface area (Å²) in [4.78, 5) is 12.3. The highest BCUT2D eigenvalue weighted by atomic mass is 16.3. The predicted octanol–water partition coefficient (Wildman–Crippen LogP) is 4.13. The zero-order valence-electron chi connectivity index (χ0n) is 14.0. The van der Waals surface area contributed by atoms with Gasteiger partial charge in [0.1, 0.15) is 0 Å². The summed E-state index contributed by atoms with van der Waals surface area (Å²) >= 11 is 0. The maximum absolute atomic E-state index is 12.3. The molecule has 3 aliphatic carbocycles. The van der Waals surface area contributed by atoms with Gasteiger partial charge in [-0.3, -0.25) is 4.79 Å². The van der Waals surface area contributed by atoms with E-state index in [4.69, 9.17) is 0 Å². The van der Waals surface area contributed by atoms with E-state index in [1.807, 2.05) is 6.92 Å². The first-order chi connectivity index (χ1) is 9.83. The molecule has 0 bridgehead atoms. The molecule has 21 heavy (non-hydrogen) atoms. The first-order valence-corrected chi connectivity index (χ1v) is 8.70. The van der Waals surface area contributed by atoms with Gasteiger partial charge in [0.25, 0.3) is 0 Å². The lowest BCUT2D eigenvalue weighted by Crippen LogP contribution is -2.33. The summed E-state index contributed by atoms with van der Waals surface area (Å²) in [7, 11) is 0. The molecule has 0 aromatic rings. The van der Waals surface area contributed by atoms with Gasteiger partial charge in [-0.1, -0.05) is 12.5 Å². The number of hydrogen-bond acceptors (Lipinski definition) is 2. The monoisotopic (exact) mass is 290 g/mol. The number of aliphatic hydroxyl groups is 1. The van der Waals surface area contributed by atoms with Gasteiger partial charge in [0.2, 0.25) is 0 Å². The summed E-state index contributed by atoms with van der Waals surface area (Å²) in [5.41, 5.74) is 2.83. The molecule has 0 saturated heterocycles. The standard InChI is InChI=1S/C19H30O2/c1-11(2)15-7-13-8-17-16(6-5-12(3)20)19(17,4)10-14(13)9-18(15)21/h12-14,16-17,20H,5-10H2,1-4H3/t12-,13-,14-,16+,17+,19-/m0/s1. The Balaban J connectivity index is 1.69. The molecule has 0 aromatic carbocycles. The van der Waals surface area contributed by atoms with Crippen LogP contribution in [0.1, 0.15) is 66.2 Å². The lowest BCUT2D eigenvalue weighted by molar-refractivity contribution is -0.119. The van der Waals surface area contributed by atoms with Crippen LogP contribution in [0.5, 0.6) is 0 Å². The first-order valence-electron chi connectivity index (χ1n) is 8.70. The van der Waals surface area contributed by atoms with E-state index in [0.29, 0.717) is 17.1 Å². The van der Waals surface area contributed by atoms with Gasteiger partial charge in [0, 0.05) is 6.42 Å². The lowest BCUT2D eigenvalue weighted by atomic mass is 9.66. The summed E-state index contributed by atoms with van der Waals surface area (Å²) in [6, 6.07) is 0. The number of carbonyl (C=O) groups excluding carboxylic acids is 1. The normalized spacial score (nSPS) is 43.1. The van der Waals surface area contributed by atoms with Crippen LogP contribution in [-0.2, 0) is 4.79 Å². The van der Waals surface area contributed by atoms with Gasteiger partial charge < -0.3 is 5.11 Å². The lowest BCUT2D eigenvalue weighted by Gasteiger charge is -2.38. The number of hydrogen-bond donors (Lipinski definition) is 1. The number of allylic oxidation sites excluding steroid dienone is 2. The number of rotatable bonds is 3. The fraction of sp³-hybridized carbons (Fsp3) is 0.842. The Morgan fingerprint density at radius 1 is 1.33 bits per heavy atom. The summed E-state index contributed by atoms with van der Waals surface area (Å²) in [5.74, 6) is 3.42. The number of fused-ring (bicyclic) bond motifs is 2. The van der Waals surface area contributed by atoms with Crippen molar-refractivity contribution in [1.82, 2.24) is 0 Å². The molecule has 3 rings (SSSR count). The molecule has 0 aliphatic heterocycles. The molecule has 0 heterocycles. The van der Waals surface area contributed by atoms with Crippen molar-refractivity contribution in [1.29, 1.82) is 0 Å². The van der Waals surface area contributed by atoms with E-state index in [0.717, 1.165) is 42.6 Å². The first kappa shape index (κ1) is 15.3. The van der Waals surface area contributed by atoms with E-state index in [9.17, 15) is 9.90 Å². The summed E-state index contributed by atoms with van der Waals surface area (Å²) in [6.45, 7) is 8.50. The molecule has 0 amide bonds. The van der Waals surface area contributed by atoms with Crippen LogP contribution in [-0.4, -0.2) is 17.0 Å². The van der Waals surface area contributed by atoms with E-state index in [-0.39, 0.29) is 6.10 Å². The topological polar surface area (TPSA) is 37.3 Å². The van der Waals surface area contributed by atoms with Gasteiger partial charge in [-0.15, -0.1) is 0 Å². The molecule has 2 nitrogen and oxygen atoms in total. The number of carbonyl (C=O) groups is 1. The Hall–Kier alpha value is -0.630. The van der Waals surface area contributed by atoms with Gasteiger partial charge in [-0.2, -0.15) is 0 Å². The minimum atomic E-state index is -0.169. The van der Waals surface area contributed by atoms with E-state index < -0.39 is 0 Å². The molecular weight excluding hydrogens is 260 g/mol. The van der Waals surface area contributed by atoms with Crippen LogP contribution >= 0.6 is 0 Å². The predicted molar refractivity (Wildman–Crippen MR) is 84.8 cm³/mol. The molecule has 3 saturated carbocycles. The fourth-order valence-electron chi connectivity index (χ4n) is 5.41. The van der Waals surface area contributed by atoms with Crippen LogP contribution in [0.3, 0.4) is 0 Å². The molecule has 2 heteroatoms. The minimum Gasteiger partial charge on any atom is -0.393 e. The van der Waals surface area contributed by atoms with Crippen molar-refractivity contribution in [2.24, 2.45) is 29.1 Å². The van der Waals surface area contributed by atoms with E-state index in [2.05, 4.69) is 20.8 Å². The third-order valence-corrected chi connectivity index (χ3v) is 6.75. The number of aliphatic hydroxyl groups excluding tert-OH is 1. The number of ketones is 1. The zero-order chi connectivity index (χ0) is 15.4. The van der Waals surface area contributed by atoms with Crippen molar-refractivity contribution in [3.63, 3.8) is 0 Å². The van der Waals surface area contributed by atoms with Gasteiger partial charge in [0.05, 0.1) is 6.10 Å². The van der Waals surface area contributed by atoms with Gasteiger partial charge in [-0.05, 0) is 87.5 Å². The maximum atomic E-state index is 12.3. The van der Waals surface area contributed by atoms with Crippen molar-refractivity contribution in [2.45, 2.75) is 72.3 Å². The Bertz CT molecular complexity index is 472. The molecule has 0 radical (unpaired) electrons. The largest absolute Gasteiger partial charge is 0.393 e. The molecular formula is C19H30O2. The molecule has 1 N–H and O–H groups in total. The van der Waals surface area contributed by atoms with Crippen LogP contribution in [0.4, 0.5) is 0 Å². The Kier molecular flexibility index (Phi) is 3.80. The third kappa shape index (κ3) is 2.60. The highest BCUT2D eigenvalue weighted by Gasteiger charge is 2.64. The molecule has 0 aromatic heterocycles. The second-order valence-electron chi connectivity index (χ2n) is 8.42. The van der Waals surface area contributed by atoms with Crippen molar-refractivity contribution in [2.75, 3.05) is 0 Å². The van der Waals surface area contributed by atoms with Gasteiger partial charge in [-0.25, -0.2) is 0 Å². The maximum Gasteiger partial charge on any atom is 0.159 e. The van der Waals surface area contributed by atoms with E-state index in [1.54, 1.807) is 0 Å². The highest BCUT2D eigenvalue weighted by molar-refractivity contribution is 5.97. The summed E-state index contributed by atoms with van der Waals surface area (Å²) < 4.78 is 0. The molecule has 6 atom stereocenters.